The van der Waals surface area contributed by atoms with Crippen molar-refractivity contribution in [2.24, 2.45) is 5.16 Å². The maximum Gasteiger partial charge on any atom is 0.417 e. The largest absolute Gasteiger partial charge is 0.489 e. The van der Waals surface area contributed by atoms with E-state index in [1.165, 1.54) is 12.1 Å². The molecule has 2 heterocycles. The van der Waals surface area contributed by atoms with E-state index in [0.29, 0.717) is 24.8 Å². The molecule has 35 heavy (non-hydrogen) atoms. The molecule has 0 spiro atoms. The normalized spacial score (nSPS) is 15.9. The number of oxime groups is 1. The summed E-state index contributed by atoms with van der Waals surface area (Å²) < 4.78 is 88.2. The maximum atomic E-state index is 13.3. The second-order valence-corrected chi connectivity index (χ2v) is 8.40. The van der Waals surface area contributed by atoms with Gasteiger partial charge in [0.2, 0.25) is 5.88 Å². The first-order valence-electron chi connectivity index (χ1n) is 10.2. The number of hydrogen-bond acceptors (Lipinski definition) is 5. The van der Waals surface area contributed by atoms with Crippen LogP contribution in [-0.4, -0.2) is 30.0 Å². The Kier molecular flexibility index (Phi) is 8.76. The first-order chi connectivity index (χ1) is 16.4. The number of aromatic nitrogens is 1. The predicted molar refractivity (Wildman–Crippen MR) is 117 cm³/mol. The summed E-state index contributed by atoms with van der Waals surface area (Å²) in [6, 6.07) is 5.23. The number of halogens is 8. The molecule has 0 saturated heterocycles. The molecule has 1 aromatic carbocycles. The zero-order valence-electron chi connectivity index (χ0n) is 17.8. The van der Waals surface area contributed by atoms with Crippen LogP contribution in [0.5, 0.6) is 11.6 Å². The molecule has 0 amide bonds. The quantitative estimate of drug-likeness (QED) is 0.249. The van der Waals surface area contributed by atoms with Crippen LogP contribution >= 0.6 is 23.2 Å². The molecule has 1 aliphatic rings. The predicted octanol–water partition coefficient (Wildman–Crippen LogP) is 7.17. The molecule has 0 bridgehead atoms. The van der Waals surface area contributed by atoms with E-state index in [9.17, 15) is 26.3 Å². The molecule has 13 heteroatoms. The molecule has 0 radical (unpaired) electrons. The highest BCUT2D eigenvalue weighted by Gasteiger charge is 2.33. The van der Waals surface area contributed by atoms with Gasteiger partial charge in [-0.1, -0.05) is 28.4 Å². The third kappa shape index (κ3) is 8.21. The van der Waals surface area contributed by atoms with Crippen molar-refractivity contribution in [1.82, 2.24) is 4.98 Å². The van der Waals surface area contributed by atoms with E-state index in [1.807, 2.05) is 0 Å². The summed E-state index contributed by atoms with van der Waals surface area (Å²) in [5, 5.41) is 3.91. The summed E-state index contributed by atoms with van der Waals surface area (Å²) in [4.78, 5) is 8.94. The number of alkyl halides is 6. The zero-order chi connectivity index (χ0) is 25.6. The molecule has 2 aromatic rings. The lowest BCUT2D eigenvalue weighted by atomic mass is 10.00. The van der Waals surface area contributed by atoms with Crippen LogP contribution in [0.1, 0.15) is 36.0 Å². The fraction of sp³-hybridized carbons (Fsp3) is 0.364. The molecular weight excluding hydrogens is 525 g/mol. The molecule has 0 fully saturated rings. The molecule has 0 saturated carbocycles. The lowest BCUT2D eigenvalue weighted by Crippen LogP contribution is -2.12. The highest BCUT2D eigenvalue weighted by Crippen LogP contribution is 2.34. The van der Waals surface area contributed by atoms with Crippen molar-refractivity contribution in [3.8, 4) is 11.6 Å². The van der Waals surface area contributed by atoms with Crippen molar-refractivity contribution in [3.63, 3.8) is 0 Å². The van der Waals surface area contributed by atoms with Crippen LogP contribution in [-0.2, 0) is 17.2 Å². The van der Waals surface area contributed by atoms with Crippen LogP contribution in [0.15, 0.2) is 52.3 Å². The van der Waals surface area contributed by atoms with Gasteiger partial charge in [0.05, 0.1) is 23.4 Å². The highest BCUT2D eigenvalue weighted by atomic mass is 35.5. The first-order valence-corrected chi connectivity index (χ1v) is 10.9. The Hall–Kier alpha value is -2.66. The average Bonchev–Trinajstić information content (AvgIpc) is 3.24. The van der Waals surface area contributed by atoms with Crippen LogP contribution in [0.3, 0.4) is 0 Å². The molecular formula is C22H18Cl2F6N2O3. The topological polar surface area (TPSA) is 52.9 Å². The summed E-state index contributed by atoms with van der Waals surface area (Å²) in [6.45, 7) is 0.0359. The Labute approximate surface area is 206 Å². The molecule has 190 valence electrons. The van der Waals surface area contributed by atoms with Gasteiger partial charge in [-0.2, -0.15) is 26.3 Å². The minimum atomic E-state index is -4.60. The third-order valence-corrected chi connectivity index (χ3v) is 5.08. The molecule has 1 atom stereocenters. The number of pyridine rings is 1. The Morgan fingerprint density at radius 2 is 1.77 bits per heavy atom. The lowest BCUT2D eigenvalue weighted by Gasteiger charge is -2.12. The van der Waals surface area contributed by atoms with E-state index in [1.54, 1.807) is 0 Å². The Bertz CT molecular complexity index is 1070. The first kappa shape index (κ1) is 26.9. The van der Waals surface area contributed by atoms with Gasteiger partial charge in [-0.05, 0) is 43.2 Å². The van der Waals surface area contributed by atoms with Crippen LogP contribution in [0.4, 0.5) is 26.3 Å². The lowest BCUT2D eigenvalue weighted by molar-refractivity contribution is -0.138. The van der Waals surface area contributed by atoms with Crippen molar-refractivity contribution < 1.29 is 40.7 Å². The standard InChI is InChI=1S/C22H18Cl2F6N2O3/c23-19(24)5-7-33-17-9-13(8-15(10-17)22(28,29)30)18-11-16(35-32-18)2-1-6-34-20-4-3-14(12-31-20)21(25,26)27/h3-5,8-10,12,16H,1-2,6-7,11H2. The second kappa shape index (κ2) is 11.4. The van der Waals surface area contributed by atoms with Gasteiger partial charge < -0.3 is 14.3 Å². The number of hydrogen-bond donors (Lipinski definition) is 0. The minimum Gasteiger partial charge on any atom is -0.489 e. The molecule has 3 rings (SSSR count). The van der Waals surface area contributed by atoms with Crippen LogP contribution in [0, 0.1) is 0 Å². The third-order valence-electron chi connectivity index (χ3n) is 4.77. The van der Waals surface area contributed by atoms with Gasteiger partial charge >= 0.3 is 12.4 Å². The molecule has 1 unspecified atom stereocenters. The summed E-state index contributed by atoms with van der Waals surface area (Å²) in [5.74, 6) is 0.00771. The highest BCUT2D eigenvalue weighted by molar-refractivity contribution is 6.55. The fourth-order valence-electron chi connectivity index (χ4n) is 3.09. The summed E-state index contributed by atoms with van der Waals surface area (Å²) >= 11 is 11.0. The molecule has 5 nitrogen and oxygen atoms in total. The SMILES string of the molecule is FC(F)(F)c1ccc(OCCCC2CC(c3cc(OCC=C(Cl)Cl)cc(C(F)(F)F)c3)=NO2)nc1. The summed E-state index contributed by atoms with van der Waals surface area (Å²) in [7, 11) is 0. The monoisotopic (exact) mass is 542 g/mol. The van der Waals surface area contributed by atoms with Crippen molar-refractivity contribution in [1.29, 1.82) is 0 Å². The molecule has 1 aliphatic heterocycles. The van der Waals surface area contributed by atoms with Gasteiger partial charge in [-0.3, -0.25) is 0 Å². The van der Waals surface area contributed by atoms with Gasteiger partial charge in [0.15, 0.2) is 0 Å². The van der Waals surface area contributed by atoms with Crippen molar-refractivity contribution in [2.45, 2.75) is 37.7 Å². The van der Waals surface area contributed by atoms with E-state index in [0.717, 1.165) is 24.3 Å². The van der Waals surface area contributed by atoms with E-state index >= 15 is 0 Å². The number of benzene rings is 1. The summed E-state index contributed by atoms with van der Waals surface area (Å²) in [6.07, 6.45) is -6.34. The Morgan fingerprint density at radius 1 is 1.03 bits per heavy atom. The van der Waals surface area contributed by atoms with E-state index in [4.69, 9.17) is 37.5 Å². The maximum absolute atomic E-state index is 13.3. The van der Waals surface area contributed by atoms with Crippen molar-refractivity contribution in [3.05, 3.63) is 63.8 Å². The van der Waals surface area contributed by atoms with Gasteiger partial charge in [0.1, 0.15) is 23.0 Å². The van der Waals surface area contributed by atoms with Crippen LogP contribution < -0.4 is 9.47 Å². The van der Waals surface area contributed by atoms with E-state index in [2.05, 4.69) is 10.1 Å². The van der Waals surface area contributed by atoms with E-state index in [-0.39, 0.29) is 41.3 Å². The number of rotatable bonds is 9. The number of ether oxygens (including phenoxy) is 2. The molecule has 1 aromatic heterocycles. The second-order valence-electron chi connectivity index (χ2n) is 7.39. The van der Waals surface area contributed by atoms with Crippen molar-refractivity contribution >= 4 is 28.9 Å². The summed E-state index contributed by atoms with van der Waals surface area (Å²) in [5.41, 5.74) is -1.27. The van der Waals surface area contributed by atoms with E-state index < -0.39 is 29.6 Å². The Balaban J connectivity index is 1.54. The van der Waals surface area contributed by atoms with Gasteiger partial charge in [-0.15, -0.1) is 0 Å². The zero-order valence-corrected chi connectivity index (χ0v) is 19.3. The van der Waals surface area contributed by atoms with Crippen molar-refractivity contribution in [2.75, 3.05) is 13.2 Å². The molecule has 0 N–H and O–H groups in total. The number of nitrogens with zero attached hydrogens (tertiary/aromatic N) is 2. The average molecular weight is 543 g/mol. The fourth-order valence-corrected chi connectivity index (χ4v) is 3.21. The molecule has 0 aliphatic carbocycles. The van der Waals surface area contributed by atoms with Crippen LogP contribution in [0.25, 0.3) is 0 Å². The smallest absolute Gasteiger partial charge is 0.417 e. The minimum absolute atomic E-state index is 0.0377. The Morgan fingerprint density at radius 3 is 2.40 bits per heavy atom. The van der Waals surface area contributed by atoms with Crippen LogP contribution in [0.2, 0.25) is 0 Å². The van der Waals surface area contributed by atoms with Gasteiger partial charge in [-0.25, -0.2) is 4.98 Å². The van der Waals surface area contributed by atoms with Gasteiger partial charge in [0, 0.05) is 24.2 Å². The van der Waals surface area contributed by atoms with Gasteiger partial charge in [0.25, 0.3) is 0 Å².